The lowest BCUT2D eigenvalue weighted by Crippen LogP contribution is -2.37. The van der Waals surface area contributed by atoms with Gasteiger partial charge in [0.2, 0.25) is 0 Å². The number of morpholine rings is 1. The van der Waals surface area contributed by atoms with Crippen LogP contribution in [0.5, 0.6) is 5.75 Å². The van der Waals surface area contributed by atoms with E-state index in [4.69, 9.17) is 4.74 Å². The fourth-order valence-electron chi connectivity index (χ4n) is 2.35. The van der Waals surface area contributed by atoms with Crippen LogP contribution in [-0.2, 0) is 4.74 Å². The Bertz CT molecular complexity index is 722. The smallest absolute Gasteiger partial charge is 0.387 e. The van der Waals surface area contributed by atoms with E-state index < -0.39 is 12.5 Å². The lowest BCUT2D eigenvalue weighted by Gasteiger charge is -2.27. The minimum absolute atomic E-state index is 0.0402. The number of benzene rings is 1. The molecule has 0 bridgehead atoms. The standard InChI is InChI=1S/C16H16F2N4O3/c17-16(18)25-12-3-1-2-11(10-12)19-15(23)13-4-5-14(21-20-13)22-6-8-24-9-7-22/h1-5,10,16H,6-9H2,(H,19,23). The van der Waals surface area contributed by atoms with Gasteiger partial charge in [0.1, 0.15) is 5.75 Å². The molecule has 1 N–H and O–H groups in total. The van der Waals surface area contributed by atoms with E-state index in [9.17, 15) is 13.6 Å². The number of rotatable bonds is 5. The molecule has 0 saturated carbocycles. The zero-order chi connectivity index (χ0) is 17.6. The number of ether oxygens (including phenoxy) is 2. The third-order valence-electron chi connectivity index (χ3n) is 3.54. The summed E-state index contributed by atoms with van der Waals surface area (Å²) in [6, 6.07) is 9.01. The van der Waals surface area contributed by atoms with E-state index >= 15 is 0 Å². The molecule has 2 aromatic rings. The molecule has 0 aliphatic carbocycles. The van der Waals surface area contributed by atoms with E-state index in [0.29, 0.717) is 24.7 Å². The van der Waals surface area contributed by atoms with Crippen molar-refractivity contribution in [3.8, 4) is 5.75 Å². The lowest BCUT2D eigenvalue weighted by atomic mass is 10.3. The maximum absolute atomic E-state index is 12.2. The van der Waals surface area contributed by atoms with Crippen molar-refractivity contribution in [2.75, 3.05) is 36.5 Å². The first-order chi connectivity index (χ1) is 12.1. The molecule has 25 heavy (non-hydrogen) atoms. The molecule has 0 spiro atoms. The van der Waals surface area contributed by atoms with Crippen LogP contribution in [0.3, 0.4) is 0 Å². The van der Waals surface area contributed by atoms with E-state index in [1.165, 1.54) is 18.2 Å². The molecule has 1 aliphatic heterocycles. The van der Waals surface area contributed by atoms with Crippen LogP contribution in [0.15, 0.2) is 36.4 Å². The van der Waals surface area contributed by atoms with E-state index in [-0.39, 0.29) is 11.4 Å². The van der Waals surface area contributed by atoms with Crippen LogP contribution in [0, 0.1) is 0 Å². The van der Waals surface area contributed by atoms with Gasteiger partial charge in [-0.1, -0.05) is 6.07 Å². The SMILES string of the molecule is O=C(Nc1cccc(OC(F)F)c1)c1ccc(N2CCOCC2)nn1. The second-order valence-electron chi connectivity index (χ2n) is 5.24. The Hall–Kier alpha value is -2.81. The quantitative estimate of drug-likeness (QED) is 0.891. The van der Waals surface area contributed by atoms with E-state index in [1.807, 2.05) is 4.90 Å². The summed E-state index contributed by atoms with van der Waals surface area (Å²) in [5.74, 6) is 0.143. The van der Waals surface area contributed by atoms with Gasteiger partial charge in [-0.2, -0.15) is 8.78 Å². The molecule has 7 nitrogen and oxygen atoms in total. The summed E-state index contributed by atoms with van der Waals surface area (Å²) in [4.78, 5) is 14.2. The van der Waals surface area contributed by atoms with E-state index in [0.717, 1.165) is 13.1 Å². The van der Waals surface area contributed by atoms with Gasteiger partial charge in [0, 0.05) is 24.8 Å². The molecule has 0 unspecified atom stereocenters. The predicted octanol–water partition coefficient (Wildman–Crippen LogP) is 2.17. The van der Waals surface area contributed by atoms with Crippen LogP contribution in [0.2, 0.25) is 0 Å². The highest BCUT2D eigenvalue weighted by Crippen LogP contribution is 2.20. The molecule has 0 radical (unpaired) electrons. The molecule has 2 heterocycles. The van der Waals surface area contributed by atoms with Crippen molar-refractivity contribution < 1.29 is 23.0 Å². The van der Waals surface area contributed by atoms with Crippen LogP contribution in [0.25, 0.3) is 0 Å². The number of halogens is 2. The minimum atomic E-state index is -2.93. The Balaban J connectivity index is 1.65. The Kier molecular flexibility index (Phi) is 5.34. The van der Waals surface area contributed by atoms with Crippen molar-refractivity contribution >= 4 is 17.4 Å². The van der Waals surface area contributed by atoms with Gasteiger partial charge >= 0.3 is 6.61 Å². The number of carbonyl (C=O) groups excluding carboxylic acids is 1. The second-order valence-corrected chi connectivity index (χ2v) is 5.24. The van der Waals surface area contributed by atoms with Gasteiger partial charge in [-0.25, -0.2) is 0 Å². The molecule has 1 amide bonds. The fourth-order valence-corrected chi connectivity index (χ4v) is 2.35. The third-order valence-corrected chi connectivity index (χ3v) is 3.54. The van der Waals surface area contributed by atoms with Crippen molar-refractivity contribution in [3.05, 3.63) is 42.1 Å². The Morgan fingerprint density at radius 1 is 1.20 bits per heavy atom. The third kappa shape index (κ3) is 4.60. The minimum Gasteiger partial charge on any atom is -0.435 e. The number of alkyl halides is 2. The summed E-state index contributed by atoms with van der Waals surface area (Å²) in [6.07, 6.45) is 0. The van der Waals surface area contributed by atoms with Crippen LogP contribution in [0.1, 0.15) is 10.5 Å². The van der Waals surface area contributed by atoms with Crippen LogP contribution in [0.4, 0.5) is 20.3 Å². The van der Waals surface area contributed by atoms with Gasteiger partial charge in [0.05, 0.1) is 13.2 Å². The predicted molar refractivity (Wildman–Crippen MR) is 86.1 cm³/mol. The number of amides is 1. The Labute approximate surface area is 142 Å². The summed E-state index contributed by atoms with van der Waals surface area (Å²) < 4.78 is 34.0. The summed E-state index contributed by atoms with van der Waals surface area (Å²) in [6.45, 7) is -0.236. The highest BCUT2D eigenvalue weighted by atomic mass is 19.3. The molecule has 1 aliphatic rings. The number of carbonyl (C=O) groups is 1. The zero-order valence-corrected chi connectivity index (χ0v) is 13.2. The number of hydrogen-bond donors (Lipinski definition) is 1. The highest BCUT2D eigenvalue weighted by molar-refractivity contribution is 6.02. The van der Waals surface area contributed by atoms with Gasteiger partial charge in [-0.15, -0.1) is 10.2 Å². The molecule has 1 aromatic carbocycles. The lowest BCUT2D eigenvalue weighted by molar-refractivity contribution is -0.0497. The Morgan fingerprint density at radius 2 is 2.00 bits per heavy atom. The van der Waals surface area contributed by atoms with Gasteiger partial charge in [-0.3, -0.25) is 4.79 Å². The van der Waals surface area contributed by atoms with Crippen LogP contribution in [-0.4, -0.2) is 49.0 Å². The summed E-state index contributed by atoms with van der Waals surface area (Å²) in [5.41, 5.74) is 0.444. The maximum atomic E-state index is 12.2. The summed E-state index contributed by atoms with van der Waals surface area (Å²) in [7, 11) is 0. The second kappa shape index (κ2) is 7.84. The van der Waals surface area contributed by atoms with E-state index in [2.05, 4.69) is 20.3 Å². The Morgan fingerprint density at radius 3 is 2.68 bits per heavy atom. The number of nitrogens with one attached hydrogen (secondary N) is 1. The largest absolute Gasteiger partial charge is 0.435 e. The van der Waals surface area contributed by atoms with Crippen molar-refractivity contribution in [2.24, 2.45) is 0 Å². The first kappa shape index (κ1) is 17.0. The fraction of sp³-hybridized carbons (Fsp3) is 0.312. The highest BCUT2D eigenvalue weighted by Gasteiger charge is 2.15. The first-order valence-corrected chi connectivity index (χ1v) is 7.64. The number of hydrogen-bond acceptors (Lipinski definition) is 6. The van der Waals surface area contributed by atoms with Crippen molar-refractivity contribution in [1.82, 2.24) is 10.2 Å². The van der Waals surface area contributed by atoms with Gasteiger partial charge in [0.25, 0.3) is 5.91 Å². The summed E-state index contributed by atoms with van der Waals surface area (Å²) in [5, 5.41) is 10.6. The molecular formula is C16H16F2N4O3. The first-order valence-electron chi connectivity index (χ1n) is 7.64. The molecule has 9 heteroatoms. The zero-order valence-electron chi connectivity index (χ0n) is 13.2. The van der Waals surface area contributed by atoms with Crippen molar-refractivity contribution in [1.29, 1.82) is 0 Å². The molecule has 132 valence electrons. The van der Waals surface area contributed by atoms with Gasteiger partial charge in [-0.05, 0) is 24.3 Å². The topological polar surface area (TPSA) is 76.6 Å². The molecule has 3 rings (SSSR count). The normalized spacial score (nSPS) is 14.4. The molecule has 1 aromatic heterocycles. The monoisotopic (exact) mass is 350 g/mol. The van der Waals surface area contributed by atoms with Crippen LogP contribution >= 0.6 is 0 Å². The number of nitrogens with zero attached hydrogens (tertiary/aromatic N) is 3. The molecule has 0 atom stereocenters. The van der Waals surface area contributed by atoms with Crippen LogP contribution < -0.4 is 15.0 Å². The maximum Gasteiger partial charge on any atom is 0.387 e. The summed E-state index contributed by atoms with van der Waals surface area (Å²) >= 11 is 0. The van der Waals surface area contributed by atoms with Gasteiger partial charge < -0.3 is 19.7 Å². The average molecular weight is 350 g/mol. The molecule has 1 fully saturated rings. The van der Waals surface area contributed by atoms with Gasteiger partial charge in [0.15, 0.2) is 11.5 Å². The van der Waals surface area contributed by atoms with Crippen molar-refractivity contribution in [3.63, 3.8) is 0 Å². The average Bonchev–Trinajstić information content (AvgIpc) is 2.62. The number of aromatic nitrogens is 2. The molecular weight excluding hydrogens is 334 g/mol. The number of anilines is 2. The van der Waals surface area contributed by atoms with E-state index in [1.54, 1.807) is 18.2 Å². The van der Waals surface area contributed by atoms with Crippen molar-refractivity contribution in [2.45, 2.75) is 6.61 Å². The molecule has 1 saturated heterocycles.